The van der Waals surface area contributed by atoms with Crippen LogP contribution in [0.15, 0.2) is 12.3 Å². The van der Waals surface area contributed by atoms with Gasteiger partial charge in [0, 0.05) is 24.6 Å². The first-order valence-corrected chi connectivity index (χ1v) is 6.09. The Labute approximate surface area is 102 Å². The van der Waals surface area contributed by atoms with Crippen molar-refractivity contribution >= 4 is 11.7 Å². The van der Waals surface area contributed by atoms with E-state index in [2.05, 4.69) is 10.4 Å². The smallest absolute Gasteiger partial charge is 0.225 e. The van der Waals surface area contributed by atoms with Crippen LogP contribution in [0.1, 0.15) is 46.1 Å². The van der Waals surface area contributed by atoms with Crippen LogP contribution in [0.2, 0.25) is 0 Å². The minimum Gasteiger partial charge on any atom is -0.328 e. The first-order valence-electron chi connectivity index (χ1n) is 6.09. The maximum atomic E-state index is 11.7. The first kappa shape index (κ1) is 13.7. The fourth-order valence-corrected chi connectivity index (χ4v) is 1.61. The van der Waals surface area contributed by atoms with Gasteiger partial charge in [0.1, 0.15) is 5.82 Å². The minimum atomic E-state index is 0.0213. The highest BCUT2D eigenvalue weighted by molar-refractivity contribution is 5.89. The highest BCUT2D eigenvalue weighted by Gasteiger charge is 2.09. The lowest BCUT2D eigenvalue weighted by molar-refractivity contribution is -0.116. The molecule has 0 fully saturated rings. The summed E-state index contributed by atoms with van der Waals surface area (Å²) in [7, 11) is 0. The van der Waals surface area contributed by atoms with Crippen molar-refractivity contribution in [3.63, 3.8) is 0 Å². The number of hydrogen-bond acceptors (Lipinski definition) is 3. The zero-order valence-electron chi connectivity index (χ0n) is 10.8. The van der Waals surface area contributed by atoms with Gasteiger partial charge < -0.3 is 11.1 Å². The second-order valence-electron chi connectivity index (χ2n) is 4.67. The van der Waals surface area contributed by atoms with Crippen molar-refractivity contribution in [1.29, 1.82) is 0 Å². The summed E-state index contributed by atoms with van der Waals surface area (Å²) in [6, 6.07) is 2.21. The molecule has 0 aliphatic rings. The number of carbonyl (C=O) groups excluding carboxylic acids is 1. The molecular formula is C12H22N4O. The van der Waals surface area contributed by atoms with Gasteiger partial charge in [0.15, 0.2) is 0 Å². The van der Waals surface area contributed by atoms with Gasteiger partial charge >= 0.3 is 0 Å². The molecule has 1 aromatic heterocycles. The topological polar surface area (TPSA) is 72.9 Å². The molecule has 1 aromatic rings. The fraction of sp³-hybridized carbons (Fsp3) is 0.667. The molecule has 0 aliphatic heterocycles. The van der Waals surface area contributed by atoms with Gasteiger partial charge in [-0.2, -0.15) is 5.10 Å². The van der Waals surface area contributed by atoms with Crippen LogP contribution in [-0.2, 0) is 4.79 Å². The number of nitrogens with one attached hydrogen (secondary N) is 1. The number of rotatable bonds is 6. The molecule has 3 N–H and O–H groups in total. The summed E-state index contributed by atoms with van der Waals surface area (Å²) < 4.78 is 1.80. The summed E-state index contributed by atoms with van der Waals surface area (Å²) in [6.07, 6.45) is 3.89. The van der Waals surface area contributed by atoms with E-state index in [0.717, 1.165) is 18.7 Å². The van der Waals surface area contributed by atoms with Crippen LogP contribution in [0.5, 0.6) is 0 Å². The lowest BCUT2D eigenvalue weighted by Crippen LogP contribution is -2.18. The van der Waals surface area contributed by atoms with Crippen LogP contribution in [0.25, 0.3) is 0 Å². The molecule has 17 heavy (non-hydrogen) atoms. The summed E-state index contributed by atoms with van der Waals surface area (Å²) in [6.45, 7) is 6.00. The van der Waals surface area contributed by atoms with Crippen molar-refractivity contribution in [2.75, 3.05) is 5.32 Å². The molecule has 0 aliphatic carbocycles. The van der Waals surface area contributed by atoms with Gasteiger partial charge in [0.2, 0.25) is 5.91 Å². The number of hydrogen-bond donors (Lipinski definition) is 2. The summed E-state index contributed by atoms with van der Waals surface area (Å²) in [5.74, 6) is 0.777. The van der Waals surface area contributed by atoms with E-state index < -0.39 is 0 Å². The van der Waals surface area contributed by atoms with E-state index in [0.29, 0.717) is 6.42 Å². The van der Waals surface area contributed by atoms with Crippen molar-refractivity contribution in [2.45, 2.75) is 52.1 Å². The summed E-state index contributed by atoms with van der Waals surface area (Å²) in [5, 5.41) is 7.03. The third-order valence-corrected chi connectivity index (χ3v) is 2.49. The Balaban J connectivity index is 2.42. The van der Waals surface area contributed by atoms with E-state index in [-0.39, 0.29) is 18.0 Å². The predicted octanol–water partition coefficient (Wildman–Crippen LogP) is 1.92. The van der Waals surface area contributed by atoms with Gasteiger partial charge in [0.25, 0.3) is 0 Å². The predicted molar refractivity (Wildman–Crippen MR) is 68.7 cm³/mol. The highest BCUT2D eigenvalue weighted by Crippen LogP contribution is 2.13. The molecule has 0 saturated carbocycles. The van der Waals surface area contributed by atoms with Gasteiger partial charge in [-0.25, -0.2) is 4.68 Å². The lowest BCUT2D eigenvalue weighted by atomic mass is 10.1. The van der Waals surface area contributed by atoms with E-state index in [1.807, 2.05) is 26.8 Å². The molecule has 0 spiro atoms. The normalized spacial score (nSPS) is 12.8. The molecule has 0 bridgehead atoms. The van der Waals surface area contributed by atoms with E-state index in [4.69, 9.17) is 5.73 Å². The SMILES string of the molecule is CC(N)CCCC(=O)Nc1ccnn1C(C)C. The molecule has 1 atom stereocenters. The van der Waals surface area contributed by atoms with Gasteiger partial charge in [0.05, 0.1) is 6.20 Å². The van der Waals surface area contributed by atoms with Gasteiger partial charge in [-0.15, -0.1) is 0 Å². The number of amides is 1. The molecule has 1 heterocycles. The second kappa shape index (κ2) is 6.39. The van der Waals surface area contributed by atoms with Crippen LogP contribution in [0, 0.1) is 0 Å². The van der Waals surface area contributed by atoms with E-state index in [9.17, 15) is 4.79 Å². The average Bonchev–Trinajstić information content (AvgIpc) is 2.65. The van der Waals surface area contributed by atoms with E-state index >= 15 is 0 Å². The fourth-order valence-electron chi connectivity index (χ4n) is 1.61. The molecule has 5 nitrogen and oxygen atoms in total. The minimum absolute atomic E-state index is 0.0213. The molecule has 1 unspecified atom stereocenters. The largest absolute Gasteiger partial charge is 0.328 e. The van der Waals surface area contributed by atoms with Gasteiger partial charge in [-0.3, -0.25) is 4.79 Å². The molecule has 0 radical (unpaired) electrons. The maximum Gasteiger partial charge on any atom is 0.225 e. The van der Waals surface area contributed by atoms with E-state index in [1.165, 1.54) is 0 Å². The first-order chi connectivity index (χ1) is 8.00. The number of aromatic nitrogens is 2. The Morgan fingerprint density at radius 3 is 2.82 bits per heavy atom. The van der Waals surface area contributed by atoms with Crippen molar-refractivity contribution in [1.82, 2.24) is 9.78 Å². The van der Waals surface area contributed by atoms with Crippen LogP contribution >= 0.6 is 0 Å². The molecule has 5 heteroatoms. The van der Waals surface area contributed by atoms with Crippen LogP contribution in [0.4, 0.5) is 5.82 Å². The van der Waals surface area contributed by atoms with Crippen molar-refractivity contribution < 1.29 is 4.79 Å². The summed E-state index contributed by atoms with van der Waals surface area (Å²) in [5.41, 5.74) is 5.63. The average molecular weight is 238 g/mol. The molecule has 1 amide bonds. The Bertz CT molecular complexity index is 357. The Morgan fingerprint density at radius 1 is 1.53 bits per heavy atom. The standard InChI is InChI=1S/C12H22N4O/c1-9(2)16-11(7-8-14-16)15-12(17)6-4-5-10(3)13/h7-10H,4-6,13H2,1-3H3,(H,15,17). The molecule has 0 aromatic carbocycles. The Kier molecular flexibility index (Phi) is 5.15. The number of nitrogens with zero attached hydrogens (tertiary/aromatic N) is 2. The van der Waals surface area contributed by atoms with Crippen LogP contribution in [-0.4, -0.2) is 21.7 Å². The zero-order valence-corrected chi connectivity index (χ0v) is 10.8. The third kappa shape index (κ3) is 4.56. The van der Waals surface area contributed by atoms with Crippen LogP contribution < -0.4 is 11.1 Å². The molecule has 0 saturated heterocycles. The van der Waals surface area contributed by atoms with Crippen molar-refractivity contribution in [3.8, 4) is 0 Å². The van der Waals surface area contributed by atoms with Crippen molar-refractivity contribution in [2.24, 2.45) is 5.73 Å². The van der Waals surface area contributed by atoms with Gasteiger partial charge in [-0.1, -0.05) is 0 Å². The second-order valence-corrected chi connectivity index (χ2v) is 4.67. The van der Waals surface area contributed by atoms with Crippen molar-refractivity contribution in [3.05, 3.63) is 12.3 Å². The monoisotopic (exact) mass is 238 g/mol. The highest BCUT2D eigenvalue weighted by atomic mass is 16.1. The number of nitrogens with two attached hydrogens (primary N) is 1. The van der Waals surface area contributed by atoms with Crippen LogP contribution in [0.3, 0.4) is 0 Å². The number of carbonyl (C=O) groups is 1. The maximum absolute atomic E-state index is 11.7. The zero-order chi connectivity index (χ0) is 12.8. The molecule has 96 valence electrons. The Hall–Kier alpha value is -1.36. The molecular weight excluding hydrogens is 216 g/mol. The van der Waals surface area contributed by atoms with Gasteiger partial charge in [-0.05, 0) is 33.6 Å². The summed E-state index contributed by atoms with van der Waals surface area (Å²) in [4.78, 5) is 11.7. The third-order valence-electron chi connectivity index (χ3n) is 2.49. The quantitative estimate of drug-likeness (QED) is 0.795. The lowest BCUT2D eigenvalue weighted by Gasteiger charge is -2.11. The number of anilines is 1. The molecule has 1 rings (SSSR count). The Morgan fingerprint density at radius 2 is 2.24 bits per heavy atom. The summed E-state index contributed by atoms with van der Waals surface area (Å²) >= 11 is 0. The van der Waals surface area contributed by atoms with E-state index in [1.54, 1.807) is 10.9 Å².